The first-order valence-electron chi connectivity index (χ1n) is 5.90. The summed E-state index contributed by atoms with van der Waals surface area (Å²) in [7, 11) is 0. The van der Waals surface area contributed by atoms with E-state index in [1.807, 2.05) is 0 Å². The first-order chi connectivity index (χ1) is 9.28. The molecular weight excluding hydrogens is 289 g/mol. The van der Waals surface area contributed by atoms with Crippen molar-refractivity contribution in [3.8, 4) is 5.75 Å². The molecule has 1 aromatic rings. The average Bonchev–Trinajstić information content (AvgIpc) is 2.39. The van der Waals surface area contributed by atoms with Gasteiger partial charge in [0.1, 0.15) is 17.1 Å². The number of hydrogen-bond acceptors (Lipinski definition) is 3. The number of carbonyl (C=O) groups excluding carboxylic acids is 1. The molecule has 20 heavy (non-hydrogen) atoms. The predicted octanol–water partition coefficient (Wildman–Crippen LogP) is 2.23. The Morgan fingerprint density at radius 2 is 2.15 bits per heavy atom. The molecule has 7 heteroatoms. The number of amides is 1. The third-order valence-electron chi connectivity index (χ3n) is 2.86. The highest BCUT2D eigenvalue weighted by Gasteiger charge is 2.32. The third kappa shape index (κ3) is 4.09. The number of carbonyl (C=O) groups is 2. The van der Waals surface area contributed by atoms with Crippen LogP contribution in [0.2, 0.25) is 5.02 Å². The minimum atomic E-state index is -1.35. The number of halogens is 2. The summed E-state index contributed by atoms with van der Waals surface area (Å²) in [6, 6.07) is 3.67. The molecule has 0 bridgehead atoms. The van der Waals surface area contributed by atoms with Gasteiger partial charge in [0.2, 0.25) is 0 Å². The zero-order chi connectivity index (χ0) is 15.3. The molecule has 5 nitrogen and oxygen atoms in total. The number of benzene rings is 1. The molecule has 0 spiro atoms. The number of rotatable bonds is 6. The maximum Gasteiger partial charge on any atom is 0.329 e. The van der Waals surface area contributed by atoms with Crippen LogP contribution < -0.4 is 10.1 Å². The first kappa shape index (κ1) is 16.2. The molecule has 1 unspecified atom stereocenters. The summed E-state index contributed by atoms with van der Waals surface area (Å²) < 4.78 is 18.0. The zero-order valence-electron chi connectivity index (χ0n) is 11.1. The summed E-state index contributed by atoms with van der Waals surface area (Å²) in [5, 5.41) is 11.3. The van der Waals surface area contributed by atoms with Gasteiger partial charge < -0.3 is 15.2 Å². The van der Waals surface area contributed by atoms with E-state index in [2.05, 4.69) is 5.32 Å². The van der Waals surface area contributed by atoms with Gasteiger partial charge in [0.05, 0.1) is 5.02 Å². The topological polar surface area (TPSA) is 75.6 Å². The van der Waals surface area contributed by atoms with Gasteiger partial charge in [-0.15, -0.1) is 0 Å². The van der Waals surface area contributed by atoms with Crippen LogP contribution in [0, 0.1) is 5.82 Å². The van der Waals surface area contributed by atoms with Gasteiger partial charge in [0.25, 0.3) is 5.91 Å². The van der Waals surface area contributed by atoms with Crippen molar-refractivity contribution in [2.75, 3.05) is 6.61 Å². The Morgan fingerprint density at radius 3 is 2.65 bits per heavy atom. The molecule has 0 heterocycles. The molecule has 0 aliphatic rings. The van der Waals surface area contributed by atoms with Gasteiger partial charge in [0, 0.05) is 6.07 Å². The van der Waals surface area contributed by atoms with Crippen LogP contribution in [-0.2, 0) is 9.59 Å². The molecule has 1 rings (SSSR count). The van der Waals surface area contributed by atoms with Crippen molar-refractivity contribution < 1.29 is 23.8 Å². The molecule has 0 saturated heterocycles. The largest absolute Gasteiger partial charge is 0.484 e. The molecule has 2 N–H and O–H groups in total. The zero-order valence-corrected chi connectivity index (χ0v) is 11.8. The second-order valence-corrected chi connectivity index (χ2v) is 4.81. The molecule has 1 amide bonds. The van der Waals surface area contributed by atoms with E-state index in [0.717, 1.165) is 6.07 Å². The quantitative estimate of drug-likeness (QED) is 0.845. The molecule has 1 atom stereocenters. The monoisotopic (exact) mass is 303 g/mol. The Morgan fingerprint density at radius 1 is 1.50 bits per heavy atom. The number of aliphatic carboxylic acids is 1. The van der Waals surface area contributed by atoms with Crippen molar-refractivity contribution in [2.24, 2.45) is 0 Å². The van der Waals surface area contributed by atoms with Crippen molar-refractivity contribution in [1.29, 1.82) is 0 Å². The highest BCUT2D eigenvalue weighted by Crippen LogP contribution is 2.21. The van der Waals surface area contributed by atoms with E-state index in [1.54, 1.807) is 6.92 Å². The van der Waals surface area contributed by atoms with Crippen LogP contribution in [-0.4, -0.2) is 29.1 Å². The van der Waals surface area contributed by atoms with Crippen LogP contribution in [0.3, 0.4) is 0 Å². The van der Waals surface area contributed by atoms with E-state index < -0.39 is 23.2 Å². The fourth-order valence-electron chi connectivity index (χ4n) is 1.35. The van der Waals surface area contributed by atoms with Crippen LogP contribution in [0.25, 0.3) is 0 Å². The van der Waals surface area contributed by atoms with E-state index in [-0.39, 0.29) is 23.8 Å². The fraction of sp³-hybridized carbons (Fsp3) is 0.385. The fourth-order valence-corrected chi connectivity index (χ4v) is 1.52. The number of carboxylic acid groups (broad SMARTS) is 1. The minimum absolute atomic E-state index is 0.119. The SMILES string of the molecule is CCC(C)(NC(=O)COc1ccc(F)c(Cl)c1)C(=O)O. The van der Waals surface area contributed by atoms with E-state index in [0.29, 0.717) is 0 Å². The summed E-state index contributed by atoms with van der Waals surface area (Å²) in [5.41, 5.74) is -1.35. The molecular formula is C13H15ClFNO4. The second kappa shape index (κ2) is 6.56. The van der Waals surface area contributed by atoms with Crippen molar-refractivity contribution in [2.45, 2.75) is 25.8 Å². The third-order valence-corrected chi connectivity index (χ3v) is 3.15. The van der Waals surface area contributed by atoms with E-state index in [9.17, 15) is 14.0 Å². The van der Waals surface area contributed by atoms with Crippen molar-refractivity contribution >= 4 is 23.5 Å². The van der Waals surface area contributed by atoms with Crippen LogP contribution in [0.15, 0.2) is 18.2 Å². The van der Waals surface area contributed by atoms with Gasteiger partial charge in [-0.2, -0.15) is 0 Å². The lowest BCUT2D eigenvalue weighted by atomic mass is 9.99. The Hall–Kier alpha value is -1.82. The van der Waals surface area contributed by atoms with Crippen molar-refractivity contribution in [3.05, 3.63) is 29.0 Å². The highest BCUT2D eigenvalue weighted by molar-refractivity contribution is 6.30. The smallest absolute Gasteiger partial charge is 0.329 e. The second-order valence-electron chi connectivity index (χ2n) is 4.40. The van der Waals surface area contributed by atoms with E-state index >= 15 is 0 Å². The summed E-state index contributed by atoms with van der Waals surface area (Å²) in [5.74, 6) is -2.08. The Labute approximate surface area is 120 Å². The predicted molar refractivity (Wildman–Crippen MR) is 71.4 cm³/mol. The molecule has 0 aliphatic carbocycles. The van der Waals surface area contributed by atoms with Gasteiger partial charge in [-0.05, 0) is 25.5 Å². The van der Waals surface area contributed by atoms with Gasteiger partial charge in [0.15, 0.2) is 6.61 Å². The maximum absolute atomic E-state index is 12.9. The van der Waals surface area contributed by atoms with Crippen molar-refractivity contribution in [1.82, 2.24) is 5.32 Å². The molecule has 110 valence electrons. The van der Waals surface area contributed by atoms with Crippen LogP contribution >= 0.6 is 11.6 Å². The lowest BCUT2D eigenvalue weighted by Crippen LogP contribution is -2.53. The Balaban J connectivity index is 2.59. The van der Waals surface area contributed by atoms with Gasteiger partial charge >= 0.3 is 5.97 Å². The summed E-state index contributed by atoms with van der Waals surface area (Å²) in [6.45, 7) is 2.67. The number of ether oxygens (including phenoxy) is 1. The number of hydrogen-bond donors (Lipinski definition) is 2. The van der Waals surface area contributed by atoms with E-state index in [4.69, 9.17) is 21.4 Å². The molecule has 0 radical (unpaired) electrons. The Kier molecular flexibility index (Phi) is 5.33. The first-order valence-corrected chi connectivity index (χ1v) is 6.28. The normalized spacial score (nSPS) is 13.4. The average molecular weight is 304 g/mol. The van der Waals surface area contributed by atoms with E-state index in [1.165, 1.54) is 19.1 Å². The molecule has 0 aromatic heterocycles. The van der Waals surface area contributed by atoms with Crippen LogP contribution in [0.5, 0.6) is 5.75 Å². The molecule has 0 aliphatic heterocycles. The Bertz CT molecular complexity index is 523. The van der Waals surface area contributed by atoms with Gasteiger partial charge in [-0.3, -0.25) is 4.79 Å². The lowest BCUT2D eigenvalue weighted by Gasteiger charge is -2.24. The van der Waals surface area contributed by atoms with Crippen LogP contribution in [0.4, 0.5) is 4.39 Å². The van der Waals surface area contributed by atoms with Crippen LogP contribution in [0.1, 0.15) is 20.3 Å². The summed E-state index contributed by atoms with van der Waals surface area (Å²) >= 11 is 5.57. The molecule has 0 fully saturated rings. The minimum Gasteiger partial charge on any atom is -0.484 e. The number of carboxylic acids is 1. The van der Waals surface area contributed by atoms with Gasteiger partial charge in [-0.25, -0.2) is 9.18 Å². The summed E-state index contributed by atoms with van der Waals surface area (Å²) in [4.78, 5) is 22.7. The summed E-state index contributed by atoms with van der Waals surface area (Å²) in [6.07, 6.45) is 0.233. The molecule has 0 saturated carbocycles. The van der Waals surface area contributed by atoms with Crippen molar-refractivity contribution in [3.63, 3.8) is 0 Å². The van der Waals surface area contributed by atoms with Gasteiger partial charge in [-0.1, -0.05) is 18.5 Å². The lowest BCUT2D eigenvalue weighted by molar-refractivity contribution is -0.147. The number of nitrogens with one attached hydrogen (secondary N) is 1. The maximum atomic E-state index is 12.9. The molecule has 1 aromatic carbocycles. The highest BCUT2D eigenvalue weighted by atomic mass is 35.5. The standard InChI is InChI=1S/C13H15ClFNO4/c1-3-13(2,12(18)19)16-11(17)7-20-8-4-5-10(15)9(14)6-8/h4-6H,3,7H2,1-2H3,(H,16,17)(H,18,19).